The van der Waals surface area contributed by atoms with Gasteiger partial charge in [-0.15, -0.1) is 0 Å². The molecule has 4 aromatic rings. The van der Waals surface area contributed by atoms with Crippen molar-refractivity contribution in [3.63, 3.8) is 0 Å². The van der Waals surface area contributed by atoms with Crippen LogP contribution in [-0.4, -0.2) is 53.3 Å². The van der Waals surface area contributed by atoms with Gasteiger partial charge in [0.15, 0.2) is 0 Å². The second kappa shape index (κ2) is 16.0. The van der Waals surface area contributed by atoms with Crippen molar-refractivity contribution < 1.29 is 14.3 Å². The molecule has 3 aromatic carbocycles. The number of rotatable bonds is 16. The van der Waals surface area contributed by atoms with Crippen molar-refractivity contribution in [1.29, 1.82) is 0 Å². The first-order valence-corrected chi connectivity index (χ1v) is 15.7. The third-order valence-electron chi connectivity index (χ3n) is 7.93. The molecule has 4 rings (SSSR count). The number of H-pyrrole nitrogens is 1. The monoisotopic (exact) mass is 581 g/mol. The number of benzene rings is 3. The number of aryl methyl sites for hydroxylation is 1. The van der Waals surface area contributed by atoms with Crippen LogP contribution < -0.4 is 4.74 Å². The number of hydrogen-bond acceptors (Lipinski definition) is 3. The normalized spacial score (nSPS) is 11.2. The van der Waals surface area contributed by atoms with Crippen molar-refractivity contribution in [2.75, 3.05) is 26.7 Å². The Kier molecular flexibility index (Phi) is 11.8. The zero-order chi connectivity index (χ0) is 30.6. The van der Waals surface area contributed by atoms with Crippen LogP contribution in [0.2, 0.25) is 0 Å². The third kappa shape index (κ3) is 9.21. The molecule has 0 radical (unpaired) electrons. The zero-order valence-corrected chi connectivity index (χ0v) is 26.3. The van der Waals surface area contributed by atoms with Crippen LogP contribution in [0.3, 0.4) is 0 Å². The minimum absolute atomic E-state index is 0.0415. The highest BCUT2D eigenvalue weighted by molar-refractivity contribution is 5.96. The van der Waals surface area contributed by atoms with E-state index in [0.29, 0.717) is 31.6 Å². The Morgan fingerprint density at radius 2 is 1.56 bits per heavy atom. The van der Waals surface area contributed by atoms with Crippen LogP contribution in [0, 0.1) is 5.92 Å². The van der Waals surface area contributed by atoms with Crippen LogP contribution in [0.25, 0.3) is 10.9 Å². The molecule has 6 nitrogen and oxygen atoms in total. The van der Waals surface area contributed by atoms with E-state index in [9.17, 15) is 9.59 Å². The van der Waals surface area contributed by atoms with Crippen LogP contribution >= 0.6 is 0 Å². The number of methoxy groups -OCH3 is 1. The van der Waals surface area contributed by atoms with Gasteiger partial charge < -0.3 is 19.5 Å². The van der Waals surface area contributed by atoms with Gasteiger partial charge in [-0.05, 0) is 72.2 Å². The van der Waals surface area contributed by atoms with Gasteiger partial charge in [0.25, 0.3) is 5.91 Å². The van der Waals surface area contributed by atoms with Gasteiger partial charge in [-0.2, -0.15) is 0 Å². The molecule has 0 aliphatic carbocycles. The first kappa shape index (κ1) is 31.9. The molecule has 1 heterocycles. The van der Waals surface area contributed by atoms with Crippen molar-refractivity contribution in [1.82, 2.24) is 14.8 Å². The van der Waals surface area contributed by atoms with Crippen molar-refractivity contribution in [2.24, 2.45) is 5.92 Å². The van der Waals surface area contributed by atoms with Crippen LogP contribution in [0.4, 0.5) is 0 Å². The van der Waals surface area contributed by atoms with E-state index in [0.717, 1.165) is 29.7 Å². The molecule has 228 valence electrons. The summed E-state index contributed by atoms with van der Waals surface area (Å²) in [6.07, 6.45) is 8.64. The number of unbranched alkanes of at least 4 members (excludes halogenated alkanes) is 3. The number of amides is 2. The highest BCUT2D eigenvalue weighted by Crippen LogP contribution is 2.20. The van der Waals surface area contributed by atoms with E-state index in [1.165, 1.54) is 35.8 Å². The largest absolute Gasteiger partial charge is 0.497 e. The Morgan fingerprint density at radius 1 is 0.837 bits per heavy atom. The molecular formula is C37H47N3O3. The van der Waals surface area contributed by atoms with Crippen molar-refractivity contribution in [3.05, 3.63) is 101 Å². The number of ether oxygens (including phenoxy) is 1. The fourth-order valence-corrected chi connectivity index (χ4v) is 5.51. The van der Waals surface area contributed by atoms with E-state index in [4.69, 9.17) is 4.74 Å². The van der Waals surface area contributed by atoms with Crippen LogP contribution in [0.1, 0.15) is 73.5 Å². The van der Waals surface area contributed by atoms with E-state index < -0.39 is 0 Å². The van der Waals surface area contributed by atoms with Gasteiger partial charge in [0, 0.05) is 42.3 Å². The van der Waals surface area contributed by atoms with Gasteiger partial charge in [-0.3, -0.25) is 9.59 Å². The number of carbonyl (C=O) groups is 2. The highest BCUT2D eigenvalue weighted by Gasteiger charge is 2.24. The molecule has 43 heavy (non-hydrogen) atoms. The van der Waals surface area contributed by atoms with E-state index in [-0.39, 0.29) is 24.3 Å². The molecule has 0 saturated heterocycles. The van der Waals surface area contributed by atoms with Gasteiger partial charge in [0.05, 0.1) is 7.11 Å². The number of carbonyl (C=O) groups excluding carboxylic acids is 2. The van der Waals surface area contributed by atoms with Crippen molar-refractivity contribution >= 4 is 22.7 Å². The molecule has 6 heteroatoms. The van der Waals surface area contributed by atoms with E-state index >= 15 is 0 Å². The van der Waals surface area contributed by atoms with E-state index in [1.807, 2.05) is 59.6 Å². The molecule has 0 unspecified atom stereocenters. The van der Waals surface area contributed by atoms with Gasteiger partial charge in [-0.1, -0.05) is 82.5 Å². The number of fused-ring (bicyclic) bond motifs is 1. The number of para-hydroxylation sites is 1. The molecule has 0 bridgehead atoms. The summed E-state index contributed by atoms with van der Waals surface area (Å²) in [4.78, 5) is 34.6. The number of aromatic nitrogens is 1. The molecule has 0 aliphatic heterocycles. The SMILES string of the molecule is CCCCCCc1ccc(C(=O)N(CC(=O)N(CCc2c[nH]c3ccccc23)Cc2ccc(OC)cc2)CC(C)C)cc1. The van der Waals surface area contributed by atoms with Gasteiger partial charge in [-0.25, -0.2) is 0 Å². The van der Waals surface area contributed by atoms with Gasteiger partial charge in [0.2, 0.25) is 5.91 Å². The minimum Gasteiger partial charge on any atom is -0.497 e. The molecule has 0 saturated carbocycles. The molecule has 0 fully saturated rings. The maximum Gasteiger partial charge on any atom is 0.254 e. The Bertz CT molecular complexity index is 1440. The molecule has 0 aliphatic rings. The lowest BCUT2D eigenvalue weighted by Crippen LogP contribution is -2.44. The van der Waals surface area contributed by atoms with Gasteiger partial charge >= 0.3 is 0 Å². The predicted octanol–water partition coefficient (Wildman–Crippen LogP) is 7.67. The second-order valence-corrected chi connectivity index (χ2v) is 11.9. The van der Waals surface area contributed by atoms with Gasteiger partial charge in [0.1, 0.15) is 12.3 Å². The molecule has 0 spiro atoms. The van der Waals surface area contributed by atoms with E-state index in [1.54, 1.807) is 12.0 Å². The topological polar surface area (TPSA) is 65.6 Å². The van der Waals surface area contributed by atoms with Crippen LogP contribution in [0.15, 0.2) is 79.0 Å². The number of aromatic amines is 1. The quantitative estimate of drug-likeness (QED) is 0.138. The van der Waals surface area contributed by atoms with Crippen LogP contribution in [-0.2, 0) is 24.2 Å². The Morgan fingerprint density at radius 3 is 2.26 bits per heavy atom. The number of hydrogen-bond donors (Lipinski definition) is 1. The van der Waals surface area contributed by atoms with Crippen molar-refractivity contribution in [2.45, 2.75) is 65.8 Å². The summed E-state index contributed by atoms with van der Waals surface area (Å²) in [5.41, 5.74) is 5.16. The Labute approximate surface area is 257 Å². The summed E-state index contributed by atoms with van der Waals surface area (Å²) in [6.45, 7) is 7.94. The summed E-state index contributed by atoms with van der Waals surface area (Å²) in [5.74, 6) is 0.856. The first-order valence-electron chi connectivity index (χ1n) is 15.7. The number of nitrogens with zero attached hydrogens (tertiary/aromatic N) is 2. The molecule has 1 aromatic heterocycles. The zero-order valence-electron chi connectivity index (χ0n) is 26.3. The maximum absolute atomic E-state index is 13.9. The molecule has 0 atom stereocenters. The average molecular weight is 582 g/mol. The number of nitrogens with one attached hydrogen (secondary N) is 1. The maximum atomic E-state index is 13.9. The fraction of sp³-hybridized carbons (Fsp3) is 0.405. The standard InChI is InChI=1S/C37H47N3O3/c1-5-6-7-8-11-29-14-18-31(19-15-29)37(42)40(25-28(2)3)27-36(41)39(26-30-16-20-33(43-4)21-17-30)23-22-32-24-38-35-13-10-9-12-34(32)35/h9-10,12-21,24,28,38H,5-8,11,22-23,25-27H2,1-4H3. The lowest BCUT2D eigenvalue weighted by atomic mass is 10.0. The predicted molar refractivity (Wildman–Crippen MR) is 175 cm³/mol. The summed E-state index contributed by atoms with van der Waals surface area (Å²) >= 11 is 0. The summed E-state index contributed by atoms with van der Waals surface area (Å²) in [7, 11) is 1.65. The van der Waals surface area contributed by atoms with Crippen molar-refractivity contribution in [3.8, 4) is 5.75 Å². The summed E-state index contributed by atoms with van der Waals surface area (Å²) < 4.78 is 5.33. The fourth-order valence-electron chi connectivity index (χ4n) is 5.51. The molecule has 2 amide bonds. The molecule has 1 N–H and O–H groups in total. The third-order valence-corrected chi connectivity index (χ3v) is 7.93. The minimum atomic E-state index is -0.0967. The van der Waals surface area contributed by atoms with E-state index in [2.05, 4.69) is 50.0 Å². The molecular weight excluding hydrogens is 534 g/mol. The first-order chi connectivity index (χ1) is 20.9. The smallest absolute Gasteiger partial charge is 0.254 e. The second-order valence-electron chi connectivity index (χ2n) is 11.9. The van der Waals surface area contributed by atoms with Crippen LogP contribution in [0.5, 0.6) is 5.75 Å². The summed E-state index contributed by atoms with van der Waals surface area (Å²) in [6, 6.07) is 24.0. The summed E-state index contributed by atoms with van der Waals surface area (Å²) in [5, 5.41) is 1.17. The lowest BCUT2D eigenvalue weighted by molar-refractivity contribution is -0.132. The Hall–Kier alpha value is -4.06. The average Bonchev–Trinajstić information content (AvgIpc) is 3.44. The Balaban J connectivity index is 1.49. The lowest BCUT2D eigenvalue weighted by Gasteiger charge is -2.29. The highest BCUT2D eigenvalue weighted by atomic mass is 16.5.